The number of hydrogen-bond donors (Lipinski definition) is 0. The first-order valence-corrected chi connectivity index (χ1v) is 17.2. The van der Waals surface area contributed by atoms with Crippen LogP contribution in [0.5, 0.6) is 0 Å². The molecule has 2 heterocycles. The fourth-order valence-electron chi connectivity index (χ4n) is 2.04. The third-order valence-electron chi connectivity index (χ3n) is 3.22. The standard InChI is InChI=1S/C9H10F2N3.C2H4O2.3CH3.Sn/c10-8(11)9-12-4-3-7(13-9)14-5-1-2-6-14;1-4-2-3;;;;/h3,8H,1-2,5-6H2;2H,1H3;3*1H3;. The molecule has 2 rings (SSSR count). The van der Waals surface area contributed by atoms with Crippen molar-refractivity contribution in [3.63, 3.8) is 0 Å². The van der Waals surface area contributed by atoms with Crippen LogP contribution in [0.3, 0.4) is 0 Å². The Morgan fingerprint density at radius 2 is 1.82 bits per heavy atom. The molecule has 5 nitrogen and oxygen atoms in total. The van der Waals surface area contributed by atoms with Gasteiger partial charge in [-0.1, -0.05) is 0 Å². The van der Waals surface area contributed by atoms with Gasteiger partial charge in [-0.3, -0.25) is 4.79 Å². The van der Waals surface area contributed by atoms with Crippen LogP contribution in [0.2, 0.25) is 14.8 Å². The van der Waals surface area contributed by atoms with Crippen molar-refractivity contribution in [3.05, 3.63) is 11.9 Å². The predicted octanol–water partition coefficient (Wildman–Crippen LogP) is 2.35. The van der Waals surface area contributed by atoms with E-state index in [1.807, 2.05) is 6.07 Å². The molecular formula is C14H23F2N3O2Sn. The molecule has 0 aliphatic carbocycles. The zero-order valence-electron chi connectivity index (χ0n) is 13.5. The number of anilines is 1. The van der Waals surface area contributed by atoms with E-state index in [0.717, 1.165) is 29.6 Å². The third-order valence-corrected chi connectivity index (χ3v) is 8.34. The molecule has 1 fully saturated rings. The van der Waals surface area contributed by atoms with Crippen LogP contribution in [0, 0.1) is 0 Å². The van der Waals surface area contributed by atoms with E-state index in [-0.39, 0.29) is 5.82 Å². The van der Waals surface area contributed by atoms with E-state index in [9.17, 15) is 8.78 Å². The molecule has 0 unspecified atom stereocenters. The van der Waals surface area contributed by atoms with Crippen LogP contribution in [0.4, 0.5) is 14.6 Å². The number of aromatic nitrogens is 2. The molecule has 1 aliphatic rings. The van der Waals surface area contributed by atoms with E-state index in [1.165, 1.54) is 7.11 Å². The first-order valence-electron chi connectivity index (χ1n) is 7.18. The topological polar surface area (TPSA) is 55.3 Å². The summed E-state index contributed by atoms with van der Waals surface area (Å²) in [7, 11) is 1.31. The van der Waals surface area contributed by atoms with Gasteiger partial charge in [-0.15, -0.1) is 0 Å². The molecule has 124 valence electrons. The van der Waals surface area contributed by atoms with Crippen LogP contribution in [-0.2, 0) is 9.53 Å². The molecule has 0 amide bonds. The summed E-state index contributed by atoms with van der Waals surface area (Å²) in [6, 6.07) is 1.94. The quantitative estimate of drug-likeness (QED) is 0.551. The van der Waals surface area contributed by atoms with Gasteiger partial charge in [0.15, 0.2) is 0 Å². The molecular weight excluding hydrogens is 399 g/mol. The minimum atomic E-state index is -2.58. The summed E-state index contributed by atoms with van der Waals surface area (Å²) in [4.78, 5) is 25.7. The summed E-state index contributed by atoms with van der Waals surface area (Å²) in [5.74, 6) is 0.389. The van der Waals surface area contributed by atoms with E-state index < -0.39 is 24.8 Å². The van der Waals surface area contributed by atoms with Gasteiger partial charge in [-0.05, 0) is 0 Å². The zero-order valence-corrected chi connectivity index (χ0v) is 16.3. The molecule has 0 atom stereocenters. The van der Waals surface area contributed by atoms with Crippen LogP contribution in [0.25, 0.3) is 0 Å². The zero-order chi connectivity index (χ0) is 16.8. The van der Waals surface area contributed by atoms with Crippen molar-refractivity contribution in [2.24, 2.45) is 0 Å². The second-order valence-corrected chi connectivity index (χ2v) is 20.4. The molecule has 8 heteroatoms. The Labute approximate surface area is 134 Å². The normalized spacial score (nSPS) is 14.6. The molecule has 0 saturated carbocycles. The fourth-order valence-corrected chi connectivity index (χ4v) is 4.93. The molecule has 0 bridgehead atoms. The van der Waals surface area contributed by atoms with Crippen LogP contribution in [0.15, 0.2) is 6.07 Å². The van der Waals surface area contributed by atoms with Gasteiger partial charge in [-0.2, -0.15) is 0 Å². The molecule has 1 aromatic rings. The van der Waals surface area contributed by atoms with Crippen molar-refractivity contribution in [3.8, 4) is 0 Å². The monoisotopic (exact) mass is 423 g/mol. The summed E-state index contributed by atoms with van der Waals surface area (Å²) in [5, 5.41) is 0. The molecule has 1 aromatic heterocycles. The number of rotatable bonds is 4. The summed E-state index contributed by atoms with van der Waals surface area (Å²) in [5.41, 5.74) is 0. The van der Waals surface area contributed by atoms with E-state index in [0.29, 0.717) is 12.3 Å². The molecule has 1 saturated heterocycles. The van der Waals surface area contributed by atoms with Crippen molar-refractivity contribution < 1.29 is 18.3 Å². The number of hydrogen-bond acceptors (Lipinski definition) is 5. The first-order chi connectivity index (χ1) is 10.3. The van der Waals surface area contributed by atoms with Gasteiger partial charge in [0.05, 0.1) is 7.11 Å². The second-order valence-electron chi connectivity index (χ2n) is 6.05. The van der Waals surface area contributed by atoms with Crippen LogP contribution in [0.1, 0.15) is 25.1 Å². The molecule has 0 aromatic carbocycles. The molecule has 0 radical (unpaired) electrons. The number of carbonyl (C=O) groups is 1. The predicted molar refractivity (Wildman–Crippen MR) is 84.5 cm³/mol. The van der Waals surface area contributed by atoms with E-state index >= 15 is 0 Å². The molecule has 0 N–H and O–H groups in total. The van der Waals surface area contributed by atoms with Crippen molar-refractivity contribution in [2.75, 3.05) is 25.1 Å². The Bertz CT molecular complexity index is 489. The Morgan fingerprint density at radius 3 is 2.23 bits per heavy atom. The summed E-state index contributed by atoms with van der Waals surface area (Å²) >= 11 is -2.45. The van der Waals surface area contributed by atoms with E-state index in [4.69, 9.17) is 4.79 Å². The summed E-state index contributed by atoms with van der Waals surface area (Å²) in [6.45, 7) is 2.21. The Kier molecular flexibility index (Phi) is 7.44. The molecule has 22 heavy (non-hydrogen) atoms. The SMILES string of the molecule is COC=O.[CH3][Sn]([CH3])([CH3])[c]1cc(N2CCCC2)nc(C(F)F)n1. The van der Waals surface area contributed by atoms with E-state index in [1.54, 1.807) is 0 Å². The van der Waals surface area contributed by atoms with Gasteiger partial charge in [-0.25, -0.2) is 0 Å². The Balaban J connectivity index is 0.000000541. The van der Waals surface area contributed by atoms with Crippen molar-refractivity contribution in [1.29, 1.82) is 0 Å². The van der Waals surface area contributed by atoms with Gasteiger partial charge >= 0.3 is 111 Å². The first kappa shape index (κ1) is 19.1. The number of methoxy groups -OCH3 is 1. The third kappa shape index (κ3) is 5.66. The summed E-state index contributed by atoms with van der Waals surface area (Å²) < 4.78 is 30.5. The maximum atomic E-state index is 12.9. The van der Waals surface area contributed by atoms with Gasteiger partial charge < -0.3 is 4.74 Å². The van der Waals surface area contributed by atoms with Crippen molar-refractivity contribution >= 4 is 34.4 Å². The van der Waals surface area contributed by atoms with Gasteiger partial charge in [0.25, 0.3) is 6.47 Å². The Hall–Kier alpha value is -0.991. The average Bonchev–Trinajstić information content (AvgIpc) is 3.00. The summed E-state index contributed by atoms with van der Waals surface area (Å²) in [6.07, 6.45) is -0.357. The maximum absolute atomic E-state index is 12.9. The van der Waals surface area contributed by atoms with Gasteiger partial charge in [0, 0.05) is 0 Å². The number of nitrogens with zero attached hydrogens (tertiary/aromatic N) is 3. The minimum absolute atomic E-state index is 0.305. The van der Waals surface area contributed by atoms with Crippen molar-refractivity contribution in [1.82, 2.24) is 9.97 Å². The van der Waals surface area contributed by atoms with Crippen molar-refractivity contribution in [2.45, 2.75) is 34.1 Å². The number of carbonyl (C=O) groups excluding carboxylic acids is 1. The fraction of sp³-hybridized carbons (Fsp3) is 0.643. The number of halogens is 2. The Morgan fingerprint density at radius 1 is 1.27 bits per heavy atom. The second kappa shape index (κ2) is 8.59. The average molecular weight is 422 g/mol. The van der Waals surface area contributed by atoms with E-state index in [2.05, 4.69) is 34.4 Å². The van der Waals surface area contributed by atoms with Crippen LogP contribution < -0.4 is 8.61 Å². The number of alkyl halides is 2. The molecule has 0 spiro atoms. The number of ether oxygens (including phenoxy) is 1. The van der Waals surface area contributed by atoms with Gasteiger partial charge in [0.1, 0.15) is 0 Å². The van der Waals surface area contributed by atoms with Crippen LogP contribution in [-0.4, -0.2) is 55.0 Å². The molecule has 1 aliphatic heterocycles. The van der Waals surface area contributed by atoms with Gasteiger partial charge in [0.2, 0.25) is 0 Å². The van der Waals surface area contributed by atoms with Crippen LogP contribution >= 0.6 is 0 Å².